The molecule has 1 aromatic carbocycles. The highest BCUT2D eigenvalue weighted by Gasteiger charge is 2.19. The third-order valence-corrected chi connectivity index (χ3v) is 4.70. The van der Waals surface area contributed by atoms with E-state index in [4.69, 9.17) is 4.42 Å². The summed E-state index contributed by atoms with van der Waals surface area (Å²) >= 11 is 1.83. The summed E-state index contributed by atoms with van der Waals surface area (Å²) in [5.41, 5.74) is 2.29. The highest BCUT2D eigenvalue weighted by molar-refractivity contribution is 7.12. The molecule has 1 atom stereocenters. The Hall–Kier alpha value is -1.58. The molecule has 0 radical (unpaired) electrons. The Bertz CT molecular complexity index is 658. The van der Waals surface area contributed by atoms with Crippen molar-refractivity contribution in [2.45, 2.75) is 19.9 Å². The molecule has 0 fully saturated rings. The van der Waals surface area contributed by atoms with E-state index in [1.807, 2.05) is 36.6 Å². The van der Waals surface area contributed by atoms with Crippen LogP contribution in [0.5, 0.6) is 0 Å². The van der Waals surface area contributed by atoms with Gasteiger partial charge in [0.05, 0.1) is 0 Å². The molecule has 98 valence electrons. The van der Waals surface area contributed by atoms with E-state index in [1.165, 1.54) is 15.3 Å². The van der Waals surface area contributed by atoms with E-state index >= 15 is 0 Å². The molecule has 2 nitrogen and oxygen atoms in total. The maximum absolute atomic E-state index is 5.97. The van der Waals surface area contributed by atoms with Gasteiger partial charge in [-0.3, -0.25) is 0 Å². The van der Waals surface area contributed by atoms with Crippen LogP contribution in [0, 0.1) is 13.8 Å². The van der Waals surface area contributed by atoms with Gasteiger partial charge < -0.3 is 9.73 Å². The van der Waals surface area contributed by atoms with Crippen molar-refractivity contribution in [1.82, 2.24) is 5.32 Å². The minimum Gasteiger partial charge on any atom is -0.459 e. The van der Waals surface area contributed by atoms with Crippen LogP contribution in [0.15, 0.2) is 40.8 Å². The van der Waals surface area contributed by atoms with Crippen LogP contribution < -0.4 is 5.32 Å². The lowest BCUT2D eigenvalue weighted by Crippen LogP contribution is -2.15. The molecular weight excluding hydrogens is 254 g/mol. The van der Waals surface area contributed by atoms with Crippen molar-refractivity contribution >= 4 is 22.3 Å². The number of rotatable bonds is 3. The maximum atomic E-state index is 5.97. The number of furan rings is 1. The molecule has 3 rings (SSSR count). The van der Waals surface area contributed by atoms with E-state index in [-0.39, 0.29) is 6.04 Å². The van der Waals surface area contributed by atoms with Gasteiger partial charge in [0.15, 0.2) is 0 Å². The largest absolute Gasteiger partial charge is 0.459 e. The van der Waals surface area contributed by atoms with E-state index < -0.39 is 0 Å². The van der Waals surface area contributed by atoms with Crippen molar-refractivity contribution in [2.24, 2.45) is 0 Å². The lowest BCUT2D eigenvalue weighted by molar-refractivity contribution is 0.495. The van der Waals surface area contributed by atoms with E-state index in [0.29, 0.717) is 0 Å². The second kappa shape index (κ2) is 4.83. The summed E-state index contributed by atoms with van der Waals surface area (Å²) in [5.74, 6) is 0.977. The van der Waals surface area contributed by atoms with Crippen molar-refractivity contribution in [3.63, 3.8) is 0 Å². The molecule has 2 heterocycles. The molecule has 1 unspecified atom stereocenters. The van der Waals surface area contributed by atoms with Gasteiger partial charge in [0, 0.05) is 15.1 Å². The topological polar surface area (TPSA) is 25.2 Å². The first-order valence-corrected chi connectivity index (χ1v) is 7.23. The SMILES string of the molecule is CNC(c1cc2ccccc2o1)c1cc(C)c(C)s1. The number of hydrogen-bond donors (Lipinski definition) is 1. The zero-order chi connectivity index (χ0) is 13.4. The van der Waals surface area contributed by atoms with Crippen molar-refractivity contribution in [2.75, 3.05) is 7.05 Å². The molecule has 19 heavy (non-hydrogen) atoms. The van der Waals surface area contributed by atoms with Gasteiger partial charge in [-0.15, -0.1) is 11.3 Å². The molecule has 0 aliphatic rings. The molecule has 0 aliphatic heterocycles. The molecule has 3 aromatic rings. The second-order valence-corrected chi connectivity index (χ2v) is 6.08. The third-order valence-electron chi connectivity index (χ3n) is 3.49. The standard InChI is InChI=1S/C16H17NOS/c1-10-8-15(19-11(10)2)16(17-3)14-9-12-6-4-5-7-13(12)18-14/h4-9,16-17H,1-3H3. The first-order chi connectivity index (χ1) is 9.19. The van der Waals surface area contributed by atoms with Gasteiger partial charge >= 0.3 is 0 Å². The van der Waals surface area contributed by atoms with Crippen LogP contribution >= 0.6 is 11.3 Å². The van der Waals surface area contributed by atoms with Gasteiger partial charge in [0.1, 0.15) is 17.4 Å². The van der Waals surface area contributed by atoms with E-state index in [9.17, 15) is 0 Å². The Morgan fingerprint density at radius 1 is 1.16 bits per heavy atom. The fourth-order valence-electron chi connectivity index (χ4n) is 2.31. The van der Waals surface area contributed by atoms with Crippen molar-refractivity contribution in [1.29, 1.82) is 0 Å². The van der Waals surface area contributed by atoms with Crippen LogP contribution in [0.1, 0.15) is 27.1 Å². The van der Waals surface area contributed by atoms with Gasteiger partial charge in [-0.25, -0.2) is 0 Å². The molecule has 2 aromatic heterocycles. The predicted molar refractivity (Wildman–Crippen MR) is 80.9 cm³/mol. The van der Waals surface area contributed by atoms with Gasteiger partial charge in [-0.1, -0.05) is 18.2 Å². The molecule has 0 saturated heterocycles. The van der Waals surface area contributed by atoms with E-state index in [2.05, 4.69) is 37.4 Å². The van der Waals surface area contributed by atoms with Crippen LogP contribution in [0.3, 0.4) is 0 Å². The van der Waals surface area contributed by atoms with Gasteiger partial charge in [-0.2, -0.15) is 0 Å². The molecule has 0 aliphatic carbocycles. The quantitative estimate of drug-likeness (QED) is 0.763. The smallest absolute Gasteiger partial charge is 0.134 e. The normalized spacial score (nSPS) is 13.0. The minimum absolute atomic E-state index is 0.129. The summed E-state index contributed by atoms with van der Waals surface area (Å²) in [5, 5.41) is 4.51. The lowest BCUT2D eigenvalue weighted by Gasteiger charge is -2.11. The van der Waals surface area contributed by atoms with Gasteiger partial charge in [-0.05, 0) is 44.7 Å². The molecule has 0 saturated carbocycles. The molecule has 0 bridgehead atoms. The van der Waals surface area contributed by atoms with E-state index in [1.54, 1.807) is 0 Å². The van der Waals surface area contributed by atoms with Crippen molar-refractivity contribution in [3.05, 3.63) is 57.5 Å². The highest BCUT2D eigenvalue weighted by atomic mass is 32.1. The number of aryl methyl sites for hydroxylation is 2. The molecule has 0 spiro atoms. The zero-order valence-electron chi connectivity index (χ0n) is 11.4. The number of hydrogen-bond acceptors (Lipinski definition) is 3. The Kier molecular flexibility index (Phi) is 3.17. The average molecular weight is 271 g/mol. The molecule has 1 N–H and O–H groups in total. The summed E-state index contributed by atoms with van der Waals surface area (Å²) in [7, 11) is 1.97. The van der Waals surface area contributed by atoms with E-state index in [0.717, 1.165) is 16.7 Å². The molecule has 3 heteroatoms. The van der Waals surface area contributed by atoms with Crippen LogP contribution in [0.25, 0.3) is 11.0 Å². The third kappa shape index (κ3) is 2.20. The van der Waals surface area contributed by atoms with Crippen LogP contribution in [-0.4, -0.2) is 7.05 Å². The summed E-state index contributed by atoms with van der Waals surface area (Å²) in [6.07, 6.45) is 0. The first-order valence-electron chi connectivity index (χ1n) is 6.41. The predicted octanol–water partition coefficient (Wildman–Crippen LogP) is 4.42. The summed E-state index contributed by atoms with van der Waals surface area (Å²) in [4.78, 5) is 2.67. The molecule has 0 amide bonds. The first kappa shape index (κ1) is 12.5. The Balaban J connectivity index is 2.06. The zero-order valence-corrected chi connectivity index (χ0v) is 12.2. The highest BCUT2D eigenvalue weighted by Crippen LogP contribution is 2.33. The van der Waals surface area contributed by atoms with Crippen molar-refractivity contribution in [3.8, 4) is 0 Å². The number of para-hydroxylation sites is 1. The van der Waals surface area contributed by atoms with Crippen molar-refractivity contribution < 1.29 is 4.42 Å². The van der Waals surface area contributed by atoms with Crippen LogP contribution in [-0.2, 0) is 0 Å². The second-order valence-electron chi connectivity index (χ2n) is 4.80. The minimum atomic E-state index is 0.129. The summed E-state index contributed by atoms with van der Waals surface area (Å²) in [6.45, 7) is 4.32. The van der Waals surface area contributed by atoms with Crippen LogP contribution in [0.2, 0.25) is 0 Å². The summed E-state index contributed by atoms with van der Waals surface area (Å²) < 4.78 is 5.97. The number of benzene rings is 1. The molecular formula is C16H17NOS. The Labute approximate surface area is 117 Å². The Morgan fingerprint density at radius 3 is 2.58 bits per heavy atom. The Morgan fingerprint density at radius 2 is 1.95 bits per heavy atom. The monoisotopic (exact) mass is 271 g/mol. The van der Waals surface area contributed by atoms with Crippen LogP contribution in [0.4, 0.5) is 0 Å². The summed E-state index contributed by atoms with van der Waals surface area (Å²) in [6, 6.07) is 12.6. The van der Waals surface area contributed by atoms with Gasteiger partial charge in [0.25, 0.3) is 0 Å². The number of fused-ring (bicyclic) bond motifs is 1. The average Bonchev–Trinajstić information content (AvgIpc) is 2.95. The number of nitrogens with one attached hydrogen (secondary N) is 1. The fourth-order valence-corrected chi connectivity index (χ4v) is 3.47. The lowest BCUT2D eigenvalue weighted by atomic mass is 10.1. The maximum Gasteiger partial charge on any atom is 0.134 e. The number of thiophene rings is 1. The van der Waals surface area contributed by atoms with Gasteiger partial charge in [0.2, 0.25) is 0 Å². The fraction of sp³-hybridized carbons (Fsp3) is 0.250.